The number of carbonyl (C=O) groups excluding carboxylic acids is 2. The maximum Gasteiger partial charge on any atom is 0.326 e. The monoisotopic (exact) mass is 345 g/mol. The van der Waals surface area contributed by atoms with E-state index in [-0.39, 0.29) is 12.1 Å². The second kappa shape index (κ2) is 7.86. The highest BCUT2D eigenvalue weighted by Gasteiger charge is 2.22. The molecule has 0 aliphatic carbocycles. The highest BCUT2D eigenvalue weighted by atomic mass is 16.5. The number of nitrogens with zero attached hydrogens (tertiary/aromatic N) is 1. The number of carboxylic acids is 1. The van der Waals surface area contributed by atoms with Gasteiger partial charge in [0.25, 0.3) is 11.5 Å². The summed E-state index contributed by atoms with van der Waals surface area (Å²) in [5.41, 5.74) is 0.0493. The Morgan fingerprint density at radius 3 is 2.40 bits per heavy atom. The van der Waals surface area contributed by atoms with Crippen molar-refractivity contribution in [1.29, 1.82) is 0 Å². The van der Waals surface area contributed by atoms with Crippen molar-refractivity contribution in [2.45, 2.75) is 19.4 Å². The van der Waals surface area contributed by atoms with Gasteiger partial charge in [-0.1, -0.05) is 12.1 Å². The molecule has 3 N–H and O–H groups in total. The summed E-state index contributed by atoms with van der Waals surface area (Å²) in [6.07, 6.45) is 0.0186. The lowest BCUT2D eigenvalue weighted by atomic mass is 10.1. The van der Waals surface area contributed by atoms with Crippen LogP contribution < -0.4 is 15.6 Å². The van der Waals surface area contributed by atoms with Crippen molar-refractivity contribution in [3.8, 4) is 5.75 Å². The van der Waals surface area contributed by atoms with Gasteiger partial charge in [0.2, 0.25) is 0 Å². The molecule has 2 aromatic rings. The average molecular weight is 345 g/mol. The third-order valence-electron chi connectivity index (χ3n) is 3.14. The van der Waals surface area contributed by atoms with Crippen LogP contribution in [0.2, 0.25) is 0 Å². The Bertz CT molecular complexity index is 823. The van der Waals surface area contributed by atoms with E-state index >= 15 is 0 Å². The molecule has 1 atom stereocenters. The molecule has 0 aliphatic rings. The summed E-state index contributed by atoms with van der Waals surface area (Å²) in [5.74, 6) is -2.07. The minimum Gasteiger partial charge on any atom is -0.480 e. The Labute approximate surface area is 141 Å². The van der Waals surface area contributed by atoms with Crippen molar-refractivity contribution in [1.82, 2.24) is 15.5 Å². The summed E-state index contributed by atoms with van der Waals surface area (Å²) in [6, 6.07) is 7.37. The first-order valence-electron chi connectivity index (χ1n) is 7.22. The van der Waals surface area contributed by atoms with Crippen LogP contribution in [0.25, 0.3) is 0 Å². The van der Waals surface area contributed by atoms with Crippen molar-refractivity contribution in [2.75, 3.05) is 0 Å². The first kappa shape index (κ1) is 17.9. The number of hydrogen-bond donors (Lipinski definition) is 3. The predicted octanol–water partition coefficient (Wildman–Crippen LogP) is 0.121. The summed E-state index contributed by atoms with van der Waals surface area (Å²) in [6.45, 7) is 1.27. The Balaban J connectivity index is 2.06. The van der Waals surface area contributed by atoms with E-state index in [1.165, 1.54) is 25.1 Å². The fourth-order valence-corrected chi connectivity index (χ4v) is 2.00. The second-order valence-corrected chi connectivity index (χ2v) is 5.11. The topological polar surface area (TPSA) is 138 Å². The maximum absolute atomic E-state index is 12.0. The number of H-pyrrole nitrogens is 1. The van der Waals surface area contributed by atoms with E-state index in [4.69, 9.17) is 4.74 Å². The minimum absolute atomic E-state index is 0.0186. The van der Waals surface area contributed by atoms with Crippen LogP contribution in [0.15, 0.2) is 41.2 Å². The molecule has 9 nitrogen and oxygen atoms in total. The van der Waals surface area contributed by atoms with E-state index in [1.807, 2.05) is 0 Å². The lowest BCUT2D eigenvalue weighted by Gasteiger charge is -2.14. The number of rotatable bonds is 6. The Kier molecular flexibility index (Phi) is 5.62. The molecule has 0 bridgehead atoms. The minimum atomic E-state index is -1.22. The van der Waals surface area contributed by atoms with Crippen LogP contribution in [-0.2, 0) is 16.0 Å². The number of benzene rings is 1. The van der Waals surface area contributed by atoms with Gasteiger partial charge in [0.05, 0.1) is 0 Å². The summed E-state index contributed by atoms with van der Waals surface area (Å²) >= 11 is 0. The van der Waals surface area contributed by atoms with Crippen LogP contribution in [0.5, 0.6) is 5.75 Å². The first-order chi connectivity index (χ1) is 11.8. The molecule has 0 saturated carbocycles. The van der Waals surface area contributed by atoms with Crippen molar-refractivity contribution >= 4 is 17.8 Å². The molecular weight excluding hydrogens is 330 g/mol. The molecule has 130 valence electrons. The van der Waals surface area contributed by atoms with E-state index < -0.39 is 29.4 Å². The van der Waals surface area contributed by atoms with Gasteiger partial charge in [0.15, 0.2) is 0 Å². The number of esters is 1. The molecule has 0 spiro atoms. The van der Waals surface area contributed by atoms with E-state index in [1.54, 1.807) is 12.1 Å². The largest absolute Gasteiger partial charge is 0.480 e. The molecule has 1 amide bonds. The number of ether oxygens (including phenoxy) is 1. The van der Waals surface area contributed by atoms with Crippen LogP contribution >= 0.6 is 0 Å². The van der Waals surface area contributed by atoms with Crippen LogP contribution in [0.4, 0.5) is 0 Å². The van der Waals surface area contributed by atoms with Gasteiger partial charge in [-0.05, 0) is 23.8 Å². The first-order valence-corrected chi connectivity index (χ1v) is 7.22. The summed E-state index contributed by atoms with van der Waals surface area (Å²) in [7, 11) is 0. The van der Waals surface area contributed by atoms with Crippen molar-refractivity contribution < 1.29 is 24.2 Å². The SMILES string of the molecule is CC(=O)Oc1ccc(CC(NC(=O)c2ccc(=O)[nH]n2)C(=O)O)cc1. The van der Waals surface area contributed by atoms with Gasteiger partial charge in [0, 0.05) is 19.4 Å². The van der Waals surface area contributed by atoms with Gasteiger partial charge >= 0.3 is 11.9 Å². The highest BCUT2D eigenvalue weighted by molar-refractivity contribution is 5.94. The van der Waals surface area contributed by atoms with E-state index in [9.17, 15) is 24.3 Å². The van der Waals surface area contributed by atoms with Crippen molar-refractivity contribution in [2.24, 2.45) is 0 Å². The van der Waals surface area contributed by atoms with Gasteiger partial charge in [-0.2, -0.15) is 5.10 Å². The standard InChI is InChI=1S/C16H15N3O6/c1-9(20)25-11-4-2-10(3-5-11)8-13(16(23)24)17-15(22)12-6-7-14(21)19-18-12/h2-7,13H,8H2,1H3,(H,17,22)(H,19,21)(H,23,24). The van der Waals surface area contributed by atoms with Gasteiger partial charge in [-0.25, -0.2) is 9.89 Å². The summed E-state index contributed by atoms with van der Waals surface area (Å²) < 4.78 is 4.89. The molecule has 1 aromatic heterocycles. The Morgan fingerprint density at radius 2 is 1.88 bits per heavy atom. The molecule has 1 unspecified atom stereocenters. The molecule has 0 radical (unpaired) electrons. The zero-order chi connectivity index (χ0) is 18.4. The molecule has 9 heteroatoms. The van der Waals surface area contributed by atoms with Gasteiger partial charge in [0.1, 0.15) is 17.5 Å². The number of nitrogens with one attached hydrogen (secondary N) is 2. The number of aromatic amines is 1. The number of amides is 1. The molecule has 1 heterocycles. The summed E-state index contributed by atoms with van der Waals surface area (Å²) in [5, 5.41) is 17.3. The van der Waals surface area contributed by atoms with E-state index in [2.05, 4.69) is 15.5 Å². The lowest BCUT2D eigenvalue weighted by Crippen LogP contribution is -2.42. The molecular formula is C16H15N3O6. The molecule has 2 rings (SSSR count). The van der Waals surface area contributed by atoms with Crippen LogP contribution in [-0.4, -0.2) is 39.2 Å². The van der Waals surface area contributed by atoms with E-state index in [0.717, 1.165) is 6.07 Å². The van der Waals surface area contributed by atoms with Gasteiger partial charge < -0.3 is 15.2 Å². The van der Waals surface area contributed by atoms with Crippen LogP contribution in [0.1, 0.15) is 23.0 Å². The number of carbonyl (C=O) groups is 3. The van der Waals surface area contributed by atoms with Crippen molar-refractivity contribution in [3.63, 3.8) is 0 Å². The number of carboxylic acid groups (broad SMARTS) is 1. The lowest BCUT2D eigenvalue weighted by molar-refractivity contribution is -0.139. The molecule has 25 heavy (non-hydrogen) atoms. The summed E-state index contributed by atoms with van der Waals surface area (Å²) in [4.78, 5) is 45.2. The third kappa shape index (κ3) is 5.27. The second-order valence-electron chi connectivity index (χ2n) is 5.11. The van der Waals surface area contributed by atoms with Crippen LogP contribution in [0.3, 0.4) is 0 Å². The normalized spacial score (nSPS) is 11.4. The number of hydrogen-bond acceptors (Lipinski definition) is 6. The quantitative estimate of drug-likeness (QED) is 0.499. The highest BCUT2D eigenvalue weighted by Crippen LogP contribution is 2.14. The average Bonchev–Trinajstić information content (AvgIpc) is 2.56. The van der Waals surface area contributed by atoms with Crippen LogP contribution in [0, 0.1) is 0 Å². The molecule has 1 aromatic carbocycles. The fraction of sp³-hybridized carbons (Fsp3) is 0.188. The number of aromatic nitrogens is 2. The Morgan fingerprint density at radius 1 is 1.20 bits per heavy atom. The van der Waals surface area contributed by atoms with Gasteiger partial charge in [-0.15, -0.1) is 0 Å². The Hall–Kier alpha value is -3.49. The zero-order valence-electron chi connectivity index (χ0n) is 13.2. The fourth-order valence-electron chi connectivity index (χ4n) is 2.00. The molecule has 0 fully saturated rings. The molecule has 0 aliphatic heterocycles. The number of aliphatic carboxylic acids is 1. The smallest absolute Gasteiger partial charge is 0.326 e. The van der Waals surface area contributed by atoms with Gasteiger partial charge in [-0.3, -0.25) is 14.4 Å². The van der Waals surface area contributed by atoms with E-state index in [0.29, 0.717) is 11.3 Å². The predicted molar refractivity (Wildman–Crippen MR) is 85.2 cm³/mol. The molecule has 0 saturated heterocycles. The maximum atomic E-state index is 12.0. The third-order valence-corrected chi connectivity index (χ3v) is 3.14. The zero-order valence-corrected chi connectivity index (χ0v) is 13.2. The van der Waals surface area contributed by atoms with Crippen molar-refractivity contribution in [3.05, 3.63) is 58.0 Å².